The second-order valence-electron chi connectivity index (χ2n) is 4.95. The topological polar surface area (TPSA) is 54.1 Å². The maximum Gasteiger partial charge on any atom is 0.287 e. The number of nitrogens with zero attached hydrogens (tertiary/aromatic N) is 2. The highest BCUT2D eigenvalue weighted by atomic mass is 79.9. The number of halogens is 1. The highest BCUT2D eigenvalue weighted by Crippen LogP contribution is 2.18. The normalized spacial score (nSPS) is 9.91. The predicted octanol–water partition coefficient (Wildman–Crippen LogP) is -0.371. The van der Waals surface area contributed by atoms with Gasteiger partial charge in [-0.15, -0.1) is 0 Å². The average molecular weight is 371 g/mol. The largest absolute Gasteiger partial charge is 1.00 e. The third-order valence-corrected chi connectivity index (χ3v) is 3.35. The van der Waals surface area contributed by atoms with Crippen LogP contribution in [0.2, 0.25) is 0 Å². The van der Waals surface area contributed by atoms with Crippen LogP contribution in [-0.4, -0.2) is 15.9 Å². The monoisotopic (exact) mass is 370 g/mol. The van der Waals surface area contributed by atoms with Crippen LogP contribution >= 0.6 is 0 Å². The Hall–Kier alpha value is -2.53. The van der Waals surface area contributed by atoms with Crippen molar-refractivity contribution < 1.29 is 31.4 Å². The van der Waals surface area contributed by atoms with Crippen LogP contribution in [0.1, 0.15) is 10.4 Å². The first-order chi connectivity index (χ1) is 10.7. The quantitative estimate of drug-likeness (QED) is 0.503. The van der Waals surface area contributed by atoms with E-state index in [4.69, 9.17) is 0 Å². The molecule has 0 aliphatic carbocycles. The second kappa shape index (κ2) is 7.65. The molecule has 1 N–H and O–H groups in total. The molecule has 116 valence electrons. The van der Waals surface area contributed by atoms with Crippen LogP contribution in [0.5, 0.6) is 5.75 Å². The van der Waals surface area contributed by atoms with Crippen LogP contribution in [-0.2, 0) is 6.54 Å². The molecule has 4 nitrogen and oxygen atoms in total. The lowest BCUT2D eigenvalue weighted by Gasteiger charge is -2.00. The molecule has 0 fully saturated rings. The molecule has 0 aliphatic heterocycles. The van der Waals surface area contributed by atoms with Crippen molar-refractivity contribution in [1.82, 2.24) is 4.98 Å². The van der Waals surface area contributed by atoms with Crippen molar-refractivity contribution in [2.75, 3.05) is 0 Å². The fourth-order valence-electron chi connectivity index (χ4n) is 2.16. The Morgan fingerprint density at radius 3 is 2.30 bits per heavy atom. The first-order valence-electron chi connectivity index (χ1n) is 6.95. The zero-order chi connectivity index (χ0) is 15.4. The molecule has 5 heteroatoms. The first kappa shape index (κ1) is 16.8. The van der Waals surface area contributed by atoms with Gasteiger partial charge in [-0.2, -0.15) is 0 Å². The van der Waals surface area contributed by atoms with Crippen molar-refractivity contribution in [3.8, 4) is 17.0 Å². The lowest BCUT2D eigenvalue weighted by molar-refractivity contribution is -0.686. The molecule has 0 radical (unpaired) electrons. The molecule has 0 saturated heterocycles. The molecule has 0 saturated carbocycles. The van der Waals surface area contributed by atoms with E-state index in [0.717, 1.165) is 11.3 Å². The molecule has 2 aromatic carbocycles. The molecular weight excluding hydrogens is 356 g/mol. The van der Waals surface area contributed by atoms with Crippen LogP contribution in [0.15, 0.2) is 73.2 Å². The summed E-state index contributed by atoms with van der Waals surface area (Å²) in [6.45, 7) is 0.257. The summed E-state index contributed by atoms with van der Waals surface area (Å²) in [5.41, 5.74) is 2.40. The number of hydrogen-bond donors (Lipinski definition) is 1. The number of phenols is 1. The molecule has 1 heterocycles. The van der Waals surface area contributed by atoms with Crippen LogP contribution < -0.4 is 21.5 Å². The summed E-state index contributed by atoms with van der Waals surface area (Å²) in [4.78, 5) is 16.5. The zero-order valence-electron chi connectivity index (χ0n) is 12.3. The molecule has 0 aliphatic rings. The van der Waals surface area contributed by atoms with Gasteiger partial charge in [-0.1, -0.05) is 30.3 Å². The van der Waals surface area contributed by atoms with Crippen LogP contribution in [0, 0.1) is 0 Å². The lowest BCUT2D eigenvalue weighted by Crippen LogP contribution is -3.00. The van der Waals surface area contributed by atoms with Crippen molar-refractivity contribution in [2.45, 2.75) is 6.54 Å². The van der Waals surface area contributed by atoms with Gasteiger partial charge in [-0.3, -0.25) is 4.79 Å². The lowest BCUT2D eigenvalue weighted by atomic mass is 10.1. The van der Waals surface area contributed by atoms with E-state index < -0.39 is 0 Å². The van der Waals surface area contributed by atoms with E-state index >= 15 is 0 Å². The summed E-state index contributed by atoms with van der Waals surface area (Å²) in [5, 5.41) is 9.29. The number of phenolic OH excluding ortho intramolecular Hbond substituents is 1. The van der Waals surface area contributed by atoms with Crippen LogP contribution in [0.3, 0.4) is 0 Å². The summed E-state index contributed by atoms with van der Waals surface area (Å²) in [6.07, 6.45) is 3.47. The van der Waals surface area contributed by atoms with Gasteiger partial charge in [0.1, 0.15) is 5.75 Å². The number of benzene rings is 2. The number of Topliss-reactive ketones (excluding diaryl/α,β-unsaturated/α-hetero) is 1. The molecule has 1 aromatic heterocycles. The second-order valence-corrected chi connectivity index (χ2v) is 4.95. The Kier molecular flexibility index (Phi) is 5.60. The standard InChI is InChI=1S/C18H14N2O2.BrH/c21-16-8-6-14(7-9-16)17-10-11-20(13-19-17)12-18(22)15-4-2-1-3-5-15;/h1-11,13H,12H2;1H. The smallest absolute Gasteiger partial charge is 0.287 e. The molecule has 3 rings (SSSR count). The van der Waals surface area contributed by atoms with Crippen molar-refractivity contribution in [3.63, 3.8) is 0 Å². The minimum atomic E-state index is 0. The Labute approximate surface area is 144 Å². The van der Waals surface area contributed by atoms with Gasteiger partial charge in [0.05, 0.1) is 6.20 Å². The number of ketones is 1. The predicted molar refractivity (Wildman–Crippen MR) is 82.3 cm³/mol. The molecule has 0 unspecified atom stereocenters. The van der Waals surface area contributed by atoms with E-state index in [9.17, 15) is 9.90 Å². The van der Waals surface area contributed by atoms with Crippen LogP contribution in [0.4, 0.5) is 0 Å². The van der Waals surface area contributed by atoms with Crippen molar-refractivity contribution >= 4 is 5.78 Å². The van der Waals surface area contributed by atoms with Crippen molar-refractivity contribution in [2.24, 2.45) is 0 Å². The van der Waals surface area contributed by atoms with Crippen LogP contribution in [0.25, 0.3) is 11.3 Å². The molecule has 23 heavy (non-hydrogen) atoms. The number of carbonyl (C=O) groups excluding carboxylic acids is 1. The molecule has 3 aromatic rings. The van der Waals surface area contributed by atoms with Crippen molar-refractivity contribution in [1.29, 1.82) is 0 Å². The third kappa shape index (κ3) is 4.23. The van der Waals surface area contributed by atoms with E-state index in [-0.39, 0.29) is 35.1 Å². The number of aromatic hydroxyl groups is 1. The van der Waals surface area contributed by atoms with E-state index in [1.165, 1.54) is 0 Å². The maximum atomic E-state index is 12.1. The fraction of sp³-hybridized carbons (Fsp3) is 0.0556. The molecular formula is C18H15BrN2O2. The highest BCUT2D eigenvalue weighted by Gasteiger charge is 2.11. The van der Waals surface area contributed by atoms with E-state index in [1.54, 1.807) is 47.3 Å². The van der Waals surface area contributed by atoms with Crippen molar-refractivity contribution in [3.05, 3.63) is 78.8 Å². The average Bonchev–Trinajstić information content (AvgIpc) is 2.57. The fourth-order valence-corrected chi connectivity index (χ4v) is 2.16. The Morgan fingerprint density at radius 1 is 1.00 bits per heavy atom. The van der Waals surface area contributed by atoms with Gasteiger partial charge in [-0.25, -0.2) is 4.57 Å². The Morgan fingerprint density at radius 2 is 1.70 bits per heavy atom. The van der Waals surface area contributed by atoms with Gasteiger partial charge in [0.2, 0.25) is 5.78 Å². The number of aromatic nitrogens is 2. The molecule has 0 bridgehead atoms. The number of rotatable bonds is 4. The van der Waals surface area contributed by atoms with Gasteiger partial charge < -0.3 is 22.1 Å². The van der Waals surface area contributed by atoms with Gasteiger partial charge in [0.15, 0.2) is 12.2 Å². The third-order valence-electron chi connectivity index (χ3n) is 3.35. The number of carbonyl (C=O) groups is 1. The summed E-state index contributed by atoms with van der Waals surface area (Å²) < 4.78 is 1.75. The summed E-state index contributed by atoms with van der Waals surface area (Å²) in [5.74, 6) is 0.271. The minimum Gasteiger partial charge on any atom is -1.00 e. The molecule has 0 spiro atoms. The first-order valence-corrected chi connectivity index (χ1v) is 6.95. The maximum absolute atomic E-state index is 12.1. The molecule has 0 atom stereocenters. The summed E-state index contributed by atoms with van der Waals surface area (Å²) in [7, 11) is 0. The van der Waals surface area contributed by atoms with Gasteiger partial charge in [0.25, 0.3) is 6.33 Å². The summed E-state index contributed by atoms with van der Waals surface area (Å²) in [6, 6.07) is 17.9. The Bertz CT molecular complexity index is 772. The van der Waals surface area contributed by atoms with Gasteiger partial charge in [-0.05, 0) is 29.2 Å². The van der Waals surface area contributed by atoms with E-state index in [2.05, 4.69) is 4.98 Å². The zero-order valence-corrected chi connectivity index (χ0v) is 13.8. The van der Waals surface area contributed by atoms with Gasteiger partial charge >= 0.3 is 0 Å². The minimum absolute atomic E-state index is 0. The SMILES string of the molecule is O=C(C[n+]1ccc(-c2ccc(O)cc2)nc1)c1ccccc1.[Br-]. The highest BCUT2D eigenvalue weighted by molar-refractivity contribution is 5.94. The molecule has 0 amide bonds. The summed E-state index contributed by atoms with van der Waals surface area (Å²) >= 11 is 0. The van der Waals surface area contributed by atoms with E-state index in [0.29, 0.717) is 5.56 Å². The van der Waals surface area contributed by atoms with Gasteiger partial charge in [0, 0.05) is 17.2 Å². The van der Waals surface area contributed by atoms with E-state index in [1.807, 2.05) is 30.5 Å². The number of hydrogen-bond acceptors (Lipinski definition) is 3. The Balaban J connectivity index is 0.00000192.